The zero-order chi connectivity index (χ0) is 14.1. The number of aromatic nitrogens is 5. The minimum absolute atomic E-state index is 0.0964. The fourth-order valence-corrected chi connectivity index (χ4v) is 2.48. The summed E-state index contributed by atoms with van der Waals surface area (Å²) in [6.07, 6.45) is 2.08. The van der Waals surface area contributed by atoms with Crippen LogP contribution in [0.15, 0.2) is 22.3 Å². The lowest BCUT2D eigenvalue weighted by Crippen LogP contribution is -2.09. The first-order valence-electron chi connectivity index (χ1n) is 5.76. The van der Waals surface area contributed by atoms with Gasteiger partial charge in [-0.1, -0.05) is 0 Å². The zero-order valence-electron chi connectivity index (χ0n) is 10.1. The summed E-state index contributed by atoms with van der Waals surface area (Å²) in [7, 11) is 0. The molecule has 104 valence electrons. The third-order valence-corrected chi connectivity index (χ3v) is 3.57. The molecule has 11 heteroatoms. The lowest BCUT2D eigenvalue weighted by atomic mass is 10.4. The van der Waals surface area contributed by atoms with Gasteiger partial charge in [-0.3, -0.25) is 10.1 Å². The van der Waals surface area contributed by atoms with Crippen molar-refractivity contribution >= 4 is 23.3 Å². The average Bonchev–Trinajstić information content (AvgIpc) is 3.19. The first-order valence-corrected chi connectivity index (χ1v) is 6.58. The molecule has 0 bridgehead atoms. The van der Waals surface area contributed by atoms with Crippen LogP contribution in [-0.2, 0) is 0 Å². The Bertz CT molecular complexity index is 655. The average molecular weight is 294 g/mol. The number of hydrogen-bond donors (Lipinski definition) is 2. The predicted octanol–water partition coefficient (Wildman–Crippen LogP) is 0.748. The second-order valence-corrected chi connectivity index (χ2v) is 5.18. The fraction of sp³-hybridized carbons (Fsp3) is 0.333. The van der Waals surface area contributed by atoms with Crippen LogP contribution in [0.3, 0.4) is 0 Å². The lowest BCUT2D eigenvalue weighted by molar-refractivity contribution is -0.385. The molecular formula is C9H10N8O2S. The molecular weight excluding hydrogens is 284 g/mol. The summed E-state index contributed by atoms with van der Waals surface area (Å²) in [6.45, 7) is 0. The van der Waals surface area contributed by atoms with Crippen LogP contribution in [0.5, 0.6) is 0 Å². The van der Waals surface area contributed by atoms with Gasteiger partial charge in [-0.05, 0) is 35.0 Å². The van der Waals surface area contributed by atoms with Crippen LogP contribution in [0.4, 0.5) is 11.5 Å². The van der Waals surface area contributed by atoms with E-state index >= 15 is 0 Å². The van der Waals surface area contributed by atoms with Gasteiger partial charge in [-0.2, -0.15) is 0 Å². The Morgan fingerprint density at radius 1 is 1.50 bits per heavy atom. The van der Waals surface area contributed by atoms with Crippen molar-refractivity contribution in [3.63, 3.8) is 0 Å². The number of rotatable bonds is 5. The number of nitrogens with zero attached hydrogens (tertiary/aromatic N) is 6. The highest BCUT2D eigenvalue weighted by atomic mass is 32.2. The van der Waals surface area contributed by atoms with Crippen LogP contribution in [0.25, 0.3) is 0 Å². The highest BCUT2D eigenvalue weighted by molar-refractivity contribution is 7.99. The summed E-state index contributed by atoms with van der Waals surface area (Å²) in [4.78, 5) is 14.5. The van der Waals surface area contributed by atoms with Crippen molar-refractivity contribution in [2.45, 2.75) is 29.1 Å². The van der Waals surface area contributed by atoms with Gasteiger partial charge in [0.2, 0.25) is 5.16 Å². The molecule has 0 atom stereocenters. The van der Waals surface area contributed by atoms with Crippen molar-refractivity contribution in [1.29, 1.82) is 0 Å². The Kier molecular flexibility index (Phi) is 3.20. The number of nitrogen functional groups attached to an aromatic ring is 1. The van der Waals surface area contributed by atoms with Crippen LogP contribution in [0, 0.1) is 10.1 Å². The Morgan fingerprint density at radius 2 is 2.30 bits per heavy atom. The van der Waals surface area contributed by atoms with Crippen molar-refractivity contribution in [3.05, 3.63) is 22.2 Å². The van der Waals surface area contributed by atoms with E-state index in [9.17, 15) is 10.1 Å². The van der Waals surface area contributed by atoms with Crippen molar-refractivity contribution in [3.8, 4) is 0 Å². The van der Waals surface area contributed by atoms with Crippen molar-refractivity contribution in [2.75, 3.05) is 5.43 Å². The van der Waals surface area contributed by atoms with E-state index in [0.717, 1.165) is 12.8 Å². The molecule has 0 spiro atoms. The minimum atomic E-state index is -0.504. The second kappa shape index (κ2) is 5.02. The number of anilines is 1. The molecule has 1 saturated carbocycles. The first-order chi connectivity index (χ1) is 9.67. The molecule has 1 aliphatic rings. The van der Waals surface area contributed by atoms with Crippen molar-refractivity contribution in [2.24, 2.45) is 5.84 Å². The molecule has 3 N–H and O–H groups in total. The molecule has 1 fully saturated rings. The summed E-state index contributed by atoms with van der Waals surface area (Å²) in [5.74, 6) is 5.47. The Hall–Kier alpha value is -2.27. The molecule has 0 aliphatic heterocycles. The maximum atomic E-state index is 10.9. The Labute approximate surface area is 116 Å². The van der Waals surface area contributed by atoms with E-state index in [1.165, 1.54) is 23.9 Å². The summed E-state index contributed by atoms with van der Waals surface area (Å²) in [5, 5.41) is 23.3. The maximum Gasteiger partial charge on any atom is 0.275 e. The van der Waals surface area contributed by atoms with Crippen molar-refractivity contribution in [1.82, 2.24) is 25.2 Å². The smallest absolute Gasteiger partial charge is 0.275 e. The van der Waals surface area contributed by atoms with Gasteiger partial charge in [0.1, 0.15) is 10.8 Å². The number of hydrogen-bond acceptors (Lipinski definition) is 9. The van der Waals surface area contributed by atoms with Gasteiger partial charge < -0.3 is 5.43 Å². The molecule has 2 aromatic rings. The molecule has 0 radical (unpaired) electrons. The van der Waals surface area contributed by atoms with E-state index in [1.54, 1.807) is 4.68 Å². The highest BCUT2D eigenvalue weighted by Crippen LogP contribution is 2.38. The van der Waals surface area contributed by atoms with Gasteiger partial charge in [0, 0.05) is 6.07 Å². The van der Waals surface area contributed by atoms with E-state index in [-0.39, 0.29) is 11.5 Å². The number of pyridine rings is 1. The zero-order valence-corrected chi connectivity index (χ0v) is 10.9. The van der Waals surface area contributed by atoms with Crippen LogP contribution in [0.1, 0.15) is 18.9 Å². The Morgan fingerprint density at radius 3 is 2.95 bits per heavy atom. The molecule has 2 aromatic heterocycles. The lowest BCUT2D eigenvalue weighted by Gasteiger charge is -2.04. The van der Waals surface area contributed by atoms with E-state index in [0.29, 0.717) is 16.2 Å². The van der Waals surface area contributed by atoms with Crippen LogP contribution in [0.2, 0.25) is 0 Å². The standard InChI is InChI=1S/C9H10N8O2S/c10-12-7-3-6(17(18)19)4-8(11-7)20-9-13-14-15-16(9)5-1-2-5/h3-5H,1-2,10H2,(H,11,12). The normalized spacial score (nSPS) is 14.2. The van der Waals surface area contributed by atoms with Crippen molar-refractivity contribution < 1.29 is 4.92 Å². The van der Waals surface area contributed by atoms with E-state index in [1.807, 2.05) is 0 Å². The first kappa shape index (κ1) is 12.7. The van der Waals surface area contributed by atoms with Gasteiger partial charge in [0.05, 0.1) is 17.0 Å². The molecule has 0 amide bonds. The van der Waals surface area contributed by atoms with Crippen LogP contribution < -0.4 is 11.3 Å². The molecule has 1 aliphatic carbocycles. The van der Waals surface area contributed by atoms with Gasteiger partial charge in [-0.15, -0.1) is 5.10 Å². The summed E-state index contributed by atoms with van der Waals surface area (Å²) < 4.78 is 1.71. The molecule has 10 nitrogen and oxygen atoms in total. The minimum Gasteiger partial charge on any atom is -0.308 e. The van der Waals surface area contributed by atoms with E-state index < -0.39 is 4.92 Å². The third kappa shape index (κ3) is 2.53. The van der Waals surface area contributed by atoms with Gasteiger partial charge in [0.15, 0.2) is 0 Å². The van der Waals surface area contributed by atoms with Crippen LogP contribution >= 0.6 is 11.8 Å². The molecule has 0 aromatic carbocycles. The highest BCUT2D eigenvalue weighted by Gasteiger charge is 2.28. The van der Waals surface area contributed by atoms with E-state index in [4.69, 9.17) is 5.84 Å². The summed E-state index contributed by atoms with van der Waals surface area (Å²) in [5.41, 5.74) is 2.21. The van der Waals surface area contributed by atoms with E-state index in [2.05, 4.69) is 25.9 Å². The summed E-state index contributed by atoms with van der Waals surface area (Å²) in [6, 6.07) is 2.93. The molecule has 3 rings (SSSR count). The monoisotopic (exact) mass is 294 g/mol. The molecule has 0 unspecified atom stereocenters. The second-order valence-electron chi connectivity index (χ2n) is 4.19. The van der Waals surface area contributed by atoms with Crippen LogP contribution in [-0.4, -0.2) is 30.1 Å². The van der Waals surface area contributed by atoms with Gasteiger partial charge >= 0.3 is 0 Å². The topological polar surface area (TPSA) is 138 Å². The Balaban J connectivity index is 1.91. The third-order valence-electron chi connectivity index (χ3n) is 2.70. The quantitative estimate of drug-likeness (QED) is 0.464. The predicted molar refractivity (Wildman–Crippen MR) is 68.9 cm³/mol. The maximum absolute atomic E-state index is 10.9. The number of nitro groups is 1. The summed E-state index contributed by atoms with van der Waals surface area (Å²) >= 11 is 1.17. The SMILES string of the molecule is NNc1cc([N+](=O)[O-])cc(Sc2nnnn2C2CC2)n1. The molecule has 2 heterocycles. The van der Waals surface area contributed by atoms with Gasteiger partial charge in [0.25, 0.3) is 5.69 Å². The number of nitrogens with two attached hydrogens (primary N) is 1. The fourth-order valence-electron chi connectivity index (χ4n) is 1.62. The van der Waals surface area contributed by atoms with Gasteiger partial charge in [-0.25, -0.2) is 15.5 Å². The number of tetrazole rings is 1. The number of hydrazine groups is 1. The molecule has 0 saturated heterocycles. The number of nitrogens with one attached hydrogen (secondary N) is 1. The molecule has 20 heavy (non-hydrogen) atoms. The largest absolute Gasteiger partial charge is 0.308 e.